The highest BCUT2D eigenvalue weighted by atomic mass is 19.1. The third-order valence-corrected chi connectivity index (χ3v) is 11.7. The Balaban J connectivity index is 0.728. The third-order valence-electron chi connectivity index (χ3n) is 11.7. The predicted molar refractivity (Wildman–Crippen MR) is 246 cm³/mol. The molecule has 3 aromatic heterocycles. The third kappa shape index (κ3) is 11.5. The highest BCUT2D eigenvalue weighted by Gasteiger charge is 2.39. The summed E-state index contributed by atoms with van der Waals surface area (Å²) in [5.74, 6) is -0.722. The first kappa shape index (κ1) is 47.6. The summed E-state index contributed by atoms with van der Waals surface area (Å²) in [6.07, 6.45) is 2.15. The number of carbonyl (C=O) groups is 4. The van der Waals surface area contributed by atoms with Crippen LogP contribution < -0.4 is 16.0 Å². The van der Waals surface area contributed by atoms with E-state index in [-0.39, 0.29) is 30.1 Å². The number of imidazole rings is 1. The molecule has 3 N–H and O–H groups in total. The van der Waals surface area contributed by atoms with Crippen molar-refractivity contribution in [2.45, 2.75) is 32.7 Å². The Morgan fingerprint density at radius 3 is 2.30 bits per heavy atom. The van der Waals surface area contributed by atoms with Crippen molar-refractivity contribution < 1.29 is 42.5 Å². The minimum atomic E-state index is -1.04. The number of amides is 4. The lowest BCUT2D eigenvalue weighted by Gasteiger charge is -2.36. The number of pyridine rings is 2. The van der Waals surface area contributed by atoms with Crippen molar-refractivity contribution >= 4 is 52.5 Å². The molecule has 19 heteroatoms. The Morgan fingerprint density at radius 1 is 0.894 bits per heavy atom. The van der Waals surface area contributed by atoms with Gasteiger partial charge in [0, 0.05) is 76.3 Å². The summed E-state index contributed by atoms with van der Waals surface area (Å²) < 4.78 is 40.3. The van der Waals surface area contributed by atoms with Crippen molar-refractivity contribution in [2.24, 2.45) is 0 Å². The molecule has 2 aliphatic rings. The van der Waals surface area contributed by atoms with Crippen LogP contribution in [0.4, 0.5) is 21.6 Å². The predicted octanol–water partition coefficient (Wildman–Crippen LogP) is 3.87. The lowest BCUT2D eigenvalue weighted by Crippen LogP contribution is -2.54. The highest BCUT2D eigenvalue weighted by Crippen LogP contribution is 2.29. The Kier molecular flexibility index (Phi) is 16.4. The number of halogens is 1. The summed E-state index contributed by atoms with van der Waals surface area (Å²) in [6, 6.07) is 16.9. The van der Waals surface area contributed by atoms with Gasteiger partial charge in [-0.25, -0.2) is 19.3 Å². The second-order valence-corrected chi connectivity index (χ2v) is 16.0. The minimum Gasteiger partial charge on any atom is -0.384 e. The van der Waals surface area contributed by atoms with Crippen molar-refractivity contribution in [3.05, 3.63) is 89.6 Å². The number of nitrogens with zero attached hydrogens (tertiary/aromatic N) is 8. The molecule has 0 radical (unpaired) electrons. The Labute approximate surface area is 382 Å². The summed E-state index contributed by atoms with van der Waals surface area (Å²) in [5.41, 5.74) is 11.5. The molecule has 2 saturated heterocycles. The number of hydrogen-bond acceptors (Lipinski definition) is 15. The summed E-state index contributed by atoms with van der Waals surface area (Å²) >= 11 is 0. The molecule has 2 aromatic carbocycles. The van der Waals surface area contributed by atoms with E-state index in [0.717, 1.165) is 40.7 Å². The number of nitrogens with two attached hydrogens (primary N) is 1. The van der Waals surface area contributed by atoms with Crippen LogP contribution in [-0.2, 0) is 33.3 Å². The number of nitrogens with one attached hydrogen (secondary N) is 1. The number of piperazine rings is 1. The summed E-state index contributed by atoms with van der Waals surface area (Å²) in [4.78, 5) is 70.0. The van der Waals surface area contributed by atoms with Gasteiger partial charge in [-0.15, -0.1) is 0 Å². The first-order valence-electron chi connectivity index (χ1n) is 22.1. The van der Waals surface area contributed by atoms with Gasteiger partial charge in [-0.3, -0.25) is 38.4 Å². The molecule has 18 nitrogen and oxygen atoms in total. The number of ether oxygens (including phenoxy) is 4. The molecular formula is C47H57FN10O8. The maximum absolute atomic E-state index is 15.7. The number of imide groups is 2. The van der Waals surface area contributed by atoms with E-state index in [4.69, 9.17) is 29.7 Å². The molecule has 5 heterocycles. The van der Waals surface area contributed by atoms with Crippen molar-refractivity contribution in [1.29, 1.82) is 0 Å². The van der Waals surface area contributed by atoms with Crippen LogP contribution >= 0.6 is 0 Å². The van der Waals surface area contributed by atoms with E-state index in [9.17, 15) is 19.2 Å². The average Bonchev–Trinajstić information content (AvgIpc) is 3.65. The quantitative estimate of drug-likeness (QED) is 0.0576. The number of likely N-dealkylation sites (N-methyl/N-ethyl adjacent to an activating group) is 1. The maximum Gasteiger partial charge on any atom is 0.263 e. The lowest BCUT2D eigenvalue weighted by atomic mass is 10.00. The molecule has 2 aliphatic heterocycles. The van der Waals surface area contributed by atoms with Crippen LogP contribution in [0.5, 0.6) is 0 Å². The van der Waals surface area contributed by atoms with Crippen molar-refractivity contribution in [1.82, 2.24) is 34.2 Å². The molecular weight excluding hydrogens is 852 g/mol. The summed E-state index contributed by atoms with van der Waals surface area (Å²) in [6.45, 7) is 11.2. The fraction of sp³-hybridized carbons (Fsp3) is 0.426. The number of hydrogen-bond donors (Lipinski definition) is 2. The molecule has 0 bridgehead atoms. The SMILES string of the molecule is Cc1cccc(NCCOCCOCCOCCOCCN2CCN(c3ccc(-n4c(C)nc5ccc(-c6ccnc(N)c6)nc54)cc3F)CC2)c1C(=O)N(C=O)C1CCC(=O)N(C)C1=O. The maximum atomic E-state index is 15.7. The average molecular weight is 909 g/mol. The fourth-order valence-corrected chi connectivity index (χ4v) is 8.11. The van der Waals surface area contributed by atoms with Gasteiger partial charge in [0.15, 0.2) is 5.65 Å². The van der Waals surface area contributed by atoms with Crippen LogP contribution in [0, 0.1) is 19.7 Å². The monoisotopic (exact) mass is 908 g/mol. The zero-order valence-electron chi connectivity index (χ0n) is 37.6. The van der Waals surface area contributed by atoms with Crippen LogP contribution in [0.15, 0.2) is 66.9 Å². The van der Waals surface area contributed by atoms with E-state index in [2.05, 4.69) is 25.1 Å². The first-order chi connectivity index (χ1) is 32.0. The lowest BCUT2D eigenvalue weighted by molar-refractivity contribution is -0.151. The second kappa shape index (κ2) is 22.7. The minimum absolute atomic E-state index is 0.0685. The largest absolute Gasteiger partial charge is 0.384 e. The number of fused-ring (bicyclic) bond motifs is 1. The molecule has 0 spiro atoms. The van der Waals surface area contributed by atoms with Crippen LogP contribution in [-0.4, -0.2) is 164 Å². The van der Waals surface area contributed by atoms with Crippen molar-refractivity contribution in [2.75, 3.05) is 115 Å². The van der Waals surface area contributed by atoms with E-state index in [1.54, 1.807) is 43.5 Å². The van der Waals surface area contributed by atoms with Crippen molar-refractivity contribution in [3.8, 4) is 16.9 Å². The van der Waals surface area contributed by atoms with Gasteiger partial charge in [0.05, 0.1) is 75.5 Å². The molecule has 66 heavy (non-hydrogen) atoms. The van der Waals surface area contributed by atoms with Gasteiger partial charge in [0.25, 0.3) is 11.8 Å². The molecule has 7 rings (SSSR count). The fourth-order valence-electron chi connectivity index (χ4n) is 8.11. The van der Waals surface area contributed by atoms with Gasteiger partial charge >= 0.3 is 0 Å². The smallest absolute Gasteiger partial charge is 0.263 e. The number of anilines is 3. The number of likely N-dealkylation sites (tertiary alicyclic amines) is 1. The number of piperidine rings is 1. The molecule has 1 unspecified atom stereocenters. The molecule has 0 aliphatic carbocycles. The van der Waals surface area contributed by atoms with Crippen LogP contribution in [0.3, 0.4) is 0 Å². The van der Waals surface area contributed by atoms with Gasteiger partial charge < -0.3 is 34.9 Å². The zero-order chi connectivity index (χ0) is 46.6. The Morgan fingerprint density at radius 2 is 1.61 bits per heavy atom. The molecule has 350 valence electrons. The van der Waals surface area contributed by atoms with E-state index in [1.807, 2.05) is 41.8 Å². The molecule has 2 fully saturated rings. The zero-order valence-corrected chi connectivity index (χ0v) is 37.6. The number of aromatic nitrogens is 4. The highest BCUT2D eigenvalue weighted by molar-refractivity contribution is 6.09. The number of benzene rings is 2. The summed E-state index contributed by atoms with van der Waals surface area (Å²) in [7, 11) is 1.35. The molecule has 0 saturated carbocycles. The summed E-state index contributed by atoms with van der Waals surface area (Å²) in [5, 5.41) is 3.19. The number of aryl methyl sites for hydroxylation is 2. The van der Waals surface area contributed by atoms with Crippen LogP contribution in [0.25, 0.3) is 28.1 Å². The van der Waals surface area contributed by atoms with Gasteiger partial charge in [-0.2, -0.15) is 0 Å². The molecule has 5 aromatic rings. The Hall–Kier alpha value is -6.38. The van der Waals surface area contributed by atoms with Gasteiger partial charge in [0.1, 0.15) is 29.0 Å². The van der Waals surface area contributed by atoms with Gasteiger partial charge in [-0.05, 0) is 68.3 Å². The van der Waals surface area contributed by atoms with E-state index in [1.165, 1.54) is 7.05 Å². The second-order valence-electron chi connectivity index (χ2n) is 16.0. The normalized spacial score (nSPS) is 15.7. The topological polar surface area (TPSA) is 200 Å². The van der Waals surface area contributed by atoms with Crippen LogP contribution in [0.2, 0.25) is 0 Å². The first-order valence-corrected chi connectivity index (χ1v) is 22.1. The standard InChI is InChI=1S/C47H57FN10O8/c1-32-5-4-6-38(44(32)47(62)57(31-59)41-11-12-43(60)54(3)46(41)61)50-15-21-63-23-25-65-27-28-66-26-24-64-22-20-55-16-18-56(19-17-55)40-10-7-35(30-36(40)48)58-33(2)52-39-9-8-37(53-45(39)58)34-13-14-51-42(49)29-34/h4-10,13-14,29-31,41,50H,11-12,15-28H2,1-3H3,(H2,49,51). The number of carbonyl (C=O) groups excluding carboxylic acids is 4. The Bertz CT molecular complexity index is 2500. The van der Waals surface area contributed by atoms with E-state index < -0.39 is 17.9 Å². The number of rotatable bonds is 22. The van der Waals surface area contributed by atoms with E-state index in [0.29, 0.717) is 124 Å². The van der Waals surface area contributed by atoms with Crippen molar-refractivity contribution in [3.63, 3.8) is 0 Å². The van der Waals surface area contributed by atoms with Gasteiger partial charge in [-0.1, -0.05) is 12.1 Å². The van der Waals surface area contributed by atoms with Gasteiger partial charge in [0.2, 0.25) is 12.3 Å². The molecule has 1 atom stereocenters. The van der Waals surface area contributed by atoms with Crippen LogP contribution in [0.1, 0.15) is 34.6 Å². The van der Waals surface area contributed by atoms with E-state index >= 15 is 4.39 Å². The molecule has 4 amide bonds. The number of nitrogen functional groups attached to an aromatic ring is 1.